The van der Waals surface area contributed by atoms with E-state index in [1.807, 2.05) is 19.1 Å². The molecule has 3 saturated carbocycles. The number of carbonyl (C=O) groups is 1. The highest BCUT2D eigenvalue weighted by Crippen LogP contribution is 2.53. The van der Waals surface area contributed by atoms with Crippen LogP contribution in [0.25, 0.3) is 11.0 Å². The number of hydrogen-bond acceptors (Lipinski definition) is 13. The third-order valence-corrected chi connectivity index (χ3v) is 18.3. The van der Waals surface area contributed by atoms with E-state index in [0.29, 0.717) is 48.8 Å². The largest absolute Gasteiger partial charge is 0.490 e. The average Bonchev–Trinajstić information content (AvgIpc) is 4.10. The molecular weight excluding hydrogens is 981 g/mol. The Morgan fingerprint density at radius 3 is 2.43 bits per heavy atom. The van der Waals surface area contributed by atoms with E-state index in [2.05, 4.69) is 97.1 Å². The van der Waals surface area contributed by atoms with Gasteiger partial charge in [0.1, 0.15) is 28.6 Å². The van der Waals surface area contributed by atoms with Crippen LogP contribution in [0.15, 0.2) is 114 Å². The Hall–Kier alpha value is -6.53. The third kappa shape index (κ3) is 11.3. The summed E-state index contributed by atoms with van der Waals surface area (Å²) in [6.45, 7) is 12.3. The fourth-order valence-electron chi connectivity index (χ4n) is 12.3. The average molecular weight is 1050 g/mol. The number of amides is 1. The van der Waals surface area contributed by atoms with Crippen molar-refractivity contribution >= 4 is 44.0 Å². The number of H-pyrrole nitrogens is 1. The van der Waals surface area contributed by atoms with Crippen LogP contribution in [0.3, 0.4) is 0 Å². The van der Waals surface area contributed by atoms with E-state index in [1.165, 1.54) is 28.8 Å². The van der Waals surface area contributed by atoms with E-state index in [-0.39, 0.29) is 34.4 Å². The molecule has 17 heteroatoms. The Morgan fingerprint density at radius 1 is 0.908 bits per heavy atom. The van der Waals surface area contributed by atoms with Crippen molar-refractivity contribution in [3.63, 3.8) is 0 Å². The minimum atomic E-state index is -4.59. The number of piperazine rings is 1. The van der Waals surface area contributed by atoms with Crippen LogP contribution in [0, 0.1) is 21.4 Å². The highest BCUT2D eigenvalue weighted by atomic mass is 32.2. The van der Waals surface area contributed by atoms with Gasteiger partial charge in [0.25, 0.3) is 21.6 Å². The molecule has 11 rings (SSSR count). The molecule has 5 aliphatic rings. The first kappa shape index (κ1) is 51.6. The lowest BCUT2D eigenvalue weighted by Gasteiger charge is -2.58. The van der Waals surface area contributed by atoms with Crippen molar-refractivity contribution in [3.05, 3.63) is 142 Å². The molecule has 5 fully saturated rings. The molecule has 1 atom stereocenters. The molecule has 76 heavy (non-hydrogen) atoms. The summed E-state index contributed by atoms with van der Waals surface area (Å²) < 4.78 is 42.7. The van der Waals surface area contributed by atoms with Gasteiger partial charge in [-0.1, -0.05) is 56.3 Å². The highest BCUT2D eigenvalue weighted by Gasteiger charge is 2.50. The number of pyridine rings is 1. The molecule has 4 aromatic carbocycles. The number of sulfonamides is 1. The number of para-hydroxylation sites is 1. The summed E-state index contributed by atoms with van der Waals surface area (Å²) in [5, 5.41) is 26.5. The minimum Gasteiger partial charge on any atom is -0.490 e. The standard InChI is InChI=1S/C59H70N8O8S/c1-39(2)48-9-5-6-10-49(48)53-38-64(37-42-8-4-7-11-54(42)74-45-13-14-45)28-29-66(53)44-33-59(34-44)23-26-65(27-24-59)43-12-16-50(55(31-43)75-46-30-41-20-25-60-56(41)62-36-46)57(68)63-76(72,73)47-15-17-51(52(32-47)67(70)71)61-35-40-18-21-58(3,69)22-19-40/h4-12,15-17,20,25,30-32,36,39-40,44-45,53,61,69H,13-14,18-19,21-24,26-29,33-35,37-38H2,1-3H3,(H,60,62)(H,63,68)/t40?,53-,58?/m0/s1. The van der Waals surface area contributed by atoms with Gasteiger partial charge in [0.05, 0.1) is 33.3 Å². The number of nitrogens with zero attached hydrogens (tertiary/aromatic N) is 5. The van der Waals surface area contributed by atoms with Crippen LogP contribution in [0.5, 0.6) is 17.2 Å². The summed E-state index contributed by atoms with van der Waals surface area (Å²) in [6, 6.07) is 30.8. The van der Waals surface area contributed by atoms with Crippen LogP contribution in [-0.4, -0.2) is 101 Å². The Balaban J connectivity index is 0.778. The van der Waals surface area contributed by atoms with Crippen molar-refractivity contribution in [1.29, 1.82) is 0 Å². The van der Waals surface area contributed by atoms with Crippen molar-refractivity contribution in [2.45, 2.75) is 126 Å². The van der Waals surface area contributed by atoms with Gasteiger partial charge in [0.15, 0.2) is 0 Å². The molecule has 4 heterocycles. The van der Waals surface area contributed by atoms with Crippen molar-refractivity contribution in [3.8, 4) is 17.2 Å². The SMILES string of the molecule is CC(C)c1ccccc1[C@@H]1CN(Cc2ccccc2OC2CC2)CCN1C1CC2(CCN(c3ccc(C(=O)NS(=O)(=O)c4ccc(NCC5CCC(C)(O)CC5)c([N+](=O)[O-])c4)c(Oc4cnc5[nH]ccc5c4)c3)CC2)C1. The first-order chi connectivity index (χ1) is 36.6. The number of piperidine rings is 1. The van der Waals surface area contributed by atoms with Crippen LogP contribution in [0.1, 0.15) is 124 Å². The molecule has 4 N–H and O–H groups in total. The van der Waals surface area contributed by atoms with Crippen LogP contribution < -0.4 is 24.4 Å². The summed E-state index contributed by atoms with van der Waals surface area (Å²) in [7, 11) is -4.59. The number of fused-ring (bicyclic) bond motifs is 1. The quantitative estimate of drug-likeness (QED) is 0.0498. The molecule has 0 bridgehead atoms. The summed E-state index contributed by atoms with van der Waals surface area (Å²) in [6.07, 6.45) is 13.1. The zero-order valence-corrected chi connectivity index (χ0v) is 44.6. The number of benzene rings is 4. The van der Waals surface area contributed by atoms with E-state index in [0.717, 1.165) is 114 Å². The van der Waals surface area contributed by atoms with Crippen molar-refractivity contribution in [2.75, 3.05) is 49.5 Å². The van der Waals surface area contributed by atoms with Crippen LogP contribution in [0.4, 0.5) is 17.1 Å². The van der Waals surface area contributed by atoms with Gasteiger partial charge < -0.3 is 29.8 Å². The molecule has 0 radical (unpaired) electrons. The van der Waals surface area contributed by atoms with Gasteiger partial charge in [-0.3, -0.25) is 24.7 Å². The number of anilines is 2. The van der Waals surface area contributed by atoms with Gasteiger partial charge in [0, 0.05) is 92.9 Å². The molecule has 1 spiro atoms. The number of carbonyl (C=O) groups excluding carboxylic acids is 1. The maximum absolute atomic E-state index is 14.1. The predicted octanol–water partition coefficient (Wildman–Crippen LogP) is 10.7. The zero-order valence-electron chi connectivity index (χ0n) is 43.7. The molecule has 2 aliphatic heterocycles. The van der Waals surface area contributed by atoms with E-state index in [1.54, 1.807) is 30.6 Å². The molecule has 16 nitrogen and oxygen atoms in total. The van der Waals surface area contributed by atoms with E-state index < -0.39 is 37.0 Å². The molecule has 0 unspecified atom stereocenters. The molecule has 400 valence electrons. The second-order valence-corrected chi connectivity index (χ2v) is 24.5. The lowest BCUT2D eigenvalue weighted by atomic mass is 9.59. The van der Waals surface area contributed by atoms with Gasteiger partial charge >= 0.3 is 0 Å². The number of aromatic amines is 1. The second kappa shape index (κ2) is 21.1. The summed E-state index contributed by atoms with van der Waals surface area (Å²) in [5.74, 6) is 1.19. The van der Waals surface area contributed by atoms with Crippen molar-refractivity contribution in [1.82, 2.24) is 24.5 Å². The number of ether oxygens (including phenoxy) is 2. The highest BCUT2D eigenvalue weighted by molar-refractivity contribution is 7.90. The van der Waals surface area contributed by atoms with Crippen LogP contribution >= 0.6 is 0 Å². The number of rotatable bonds is 17. The number of nitro benzene ring substituents is 1. The number of nitro groups is 1. The second-order valence-electron chi connectivity index (χ2n) is 22.8. The Morgan fingerprint density at radius 2 is 1.67 bits per heavy atom. The molecule has 2 aromatic heterocycles. The van der Waals surface area contributed by atoms with Crippen molar-refractivity contribution < 1.29 is 32.7 Å². The molecule has 2 saturated heterocycles. The Kier molecular flexibility index (Phi) is 14.3. The summed E-state index contributed by atoms with van der Waals surface area (Å²) >= 11 is 0. The molecule has 1 amide bonds. The van der Waals surface area contributed by atoms with Gasteiger partial charge in [-0.2, -0.15) is 0 Å². The Bertz CT molecular complexity index is 3200. The topological polar surface area (TPSA) is 195 Å². The maximum atomic E-state index is 14.1. The summed E-state index contributed by atoms with van der Waals surface area (Å²) in [5.41, 5.74) is 4.86. The first-order valence-electron chi connectivity index (χ1n) is 27.2. The fraction of sp³-hybridized carbons (Fsp3) is 0.458. The van der Waals surface area contributed by atoms with Gasteiger partial charge in [-0.05, 0) is 142 Å². The Labute approximate surface area is 445 Å². The lowest BCUT2D eigenvalue weighted by Crippen LogP contribution is -2.60. The van der Waals surface area contributed by atoms with Crippen molar-refractivity contribution in [2.24, 2.45) is 11.3 Å². The first-order valence-corrected chi connectivity index (χ1v) is 28.7. The number of aliphatic hydroxyl groups is 1. The van der Waals surface area contributed by atoms with Gasteiger partial charge in [-0.15, -0.1) is 0 Å². The summed E-state index contributed by atoms with van der Waals surface area (Å²) in [4.78, 5) is 40.6. The molecule has 3 aliphatic carbocycles. The zero-order chi connectivity index (χ0) is 52.8. The van der Waals surface area contributed by atoms with Crippen LogP contribution in [-0.2, 0) is 16.6 Å². The minimum absolute atomic E-state index is 0.0273. The van der Waals surface area contributed by atoms with Crippen LogP contribution in [0.2, 0.25) is 0 Å². The predicted molar refractivity (Wildman–Crippen MR) is 294 cm³/mol. The smallest absolute Gasteiger partial charge is 0.293 e. The number of aromatic nitrogens is 2. The van der Waals surface area contributed by atoms with E-state index in [9.17, 15) is 28.4 Å². The monoisotopic (exact) mass is 1050 g/mol. The van der Waals surface area contributed by atoms with E-state index >= 15 is 0 Å². The molecule has 6 aromatic rings. The van der Waals surface area contributed by atoms with Gasteiger partial charge in [0.2, 0.25) is 0 Å². The number of nitrogens with one attached hydrogen (secondary N) is 3. The third-order valence-electron chi connectivity index (χ3n) is 16.9. The fourth-order valence-corrected chi connectivity index (χ4v) is 13.3. The van der Waals surface area contributed by atoms with Gasteiger partial charge in [-0.25, -0.2) is 18.1 Å². The maximum Gasteiger partial charge on any atom is 0.293 e. The normalized spacial score (nSPS) is 22.4. The lowest BCUT2D eigenvalue weighted by molar-refractivity contribution is -0.384. The number of hydrogen-bond donors (Lipinski definition) is 4. The molecular formula is C59H70N8O8S. The van der Waals surface area contributed by atoms with E-state index in [4.69, 9.17) is 9.47 Å².